The lowest BCUT2D eigenvalue weighted by atomic mass is 10.2. The van der Waals surface area contributed by atoms with Crippen molar-refractivity contribution in [3.63, 3.8) is 0 Å². The van der Waals surface area contributed by atoms with E-state index in [-0.39, 0.29) is 6.04 Å². The van der Waals surface area contributed by atoms with Crippen LogP contribution in [0, 0.1) is 11.6 Å². The number of carbonyl (C=O) groups excluding carboxylic acids is 1. The average Bonchev–Trinajstić information content (AvgIpc) is 2.79. The zero-order chi connectivity index (χ0) is 24.8. The fraction of sp³-hybridized carbons (Fsp3) is 0.208. The SMILES string of the molecule is CC(/C=C/Nc1cc(N2CCC2)nc(Sc2ccc(NC(=O)c3c(F)cccc3F)cc2)n1)NN. The zero-order valence-corrected chi connectivity index (χ0v) is 19.8. The van der Waals surface area contributed by atoms with Crippen LogP contribution in [0.5, 0.6) is 0 Å². The van der Waals surface area contributed by atoms with Crippen LogP contribution in [0.3, 0.4) is 0 Å². The molecule has 3 aromatic rings. The molecule has 0 saturated carbocycles. The molecule has 2 aromatic carbocycles. The highest BCUT2D eigenvalue weighted by molar-refractivity contribution is 7.99. The zero-order valence-electron chi connectivity index (χ0n) is 19.0. The van der Waals surface area contributed by atoms with Crippen molar-refractivity contribution < 1.29 is 13.6 Å². The third-order valence-electron chi connectivity index (χ3n) is 5.26. The second kappa shape index (κ2) is 11.3. The Morgan fingerprint density at radius 3 is 2.49 bits per heavy atom. The fourth-order valence-corrected chi connectivity index (χ4v) is 3.96. The molecule has 1 fully saturated rings. The van der Waals surface area contributed by atoms with Crippen molar-refractivity contribution in [1.82, 2.24) is 15.4 Å². The maximum Gasteiger partial charge on any atom is 0.261 e. The highest BCUT2D eigenvalue weighted by Gasteiger charge is 2.19. The lowest BCUT2D eigenvalue weighted by Crippen LogP contribution is -2.37. The lowest BCUT2D eigenvalue weighted by molar-refractivity contribution is 0.101. The van der Waals surface area contributed by atoms with Crippen LogP contribution in [-0.2, 0) is 0 Å². The standard InChI is InChI=1S/C24H25F2N7OS/c1-15(32-27)10-11-28-20-14-21(33-12-3-13-33)31-24(30-20)35-17-8-6-16(7-9-17)29-23(34)22-18(25)4-2-5-19(22)26/h2,4-11,14-15,32H,3,12-13,27H2,1H3,(H,29,34)(H,28,30,31)/b11-10+. The van der Waals surface area contributed by atoms with Crippen LogP contribution in [0.15, 0.2) is 70.9 Å². The predicted octanol–water partition coefficient (Wildman–Crippen LogP) is 4.15. The van der Waals surface area contributed by atoms with Crippen LogP contribution in [-0.4, -0.2) is 35.0 Å². The summed E-state index contributed by atoms with van der Waals surface area (Å²) >= 11 is 1.36. The average molecular weight is 498 g/mol. The van der Waals surface area contributed by atoms with Crippen LogP contribution < -0.4 is 26.8 Å². The van der Waals surface area contributed by atoms with Crippen molar-refractivity contribution in [2.45, 2.75) is 29.4 Å². The summed E-state index contributed by atoms with van der Waals surface area (Å²) in [6, 6.07) is 12.1. The number of rotatable bonds is 9. The van der Waals surface area contributed by atoms with Crippen molar-refractivity contribution in [3.8, 4) is 0 Å². The summed E-state index contributed by atoms with van der Waals surface area (Å²) in [5.74, 6) is 4.22. The summed E-state index contributed by atoms with van der Waals surface area (Å²) < 4.78 is 27.7. The van der Waals surface area contributed by atoms with Gasteiger partial charge in [-0.05, 0) is 61.5 Å². The van der Waals surface area contributed by atoms with Gasteiger partial charge in [-0.2, -0.15) is 0 Å². The molecule has 0 aliphatic carbocycles. The molecule has 2 heterocycles. The van der Waals surface area contributed by atoms with Crippen LogP contribution in [0.1, 0.15) is 23.7 Å². The molecule has 5 N–H and O–H groups in total. The molecule has 0 radical (unpaired) electrons. The van der Waals surface area contributed by atoms with Gasteiger partial charge in [-0.25, -0.2) is 18.7 Å². The van der Waals surface area contributed by atoms with Gasteiger partial charge in [-0.1, -0.05) is 12.1 Å². The van der Waals surface area contributed by atoms with E-state index in [0.717, 1.165) is 42.4 Å². The number of nitrogens with zero attached hydrogens (tertiary/aromatic N) is 3. The van der Waals surface area contributed by atoms with Gasteiger partial charge < -0.3 is 15.5 Å². The minimum atomic E-state index is -0.915. The molecular weight excluding hydrogens is 472 g/mol. The Morgan fingerprint density at radius 1 is 1.14 bits per heavy atom. The molecule has 1 aliphatic heterocycles. The van der Waals surface area contributed by atoms with E-state index in [1.165, 1.54) is 17.8 Å². The van der Waals surface area contributed by atoms with Gasteiger partial charge in [-0.15, -0.1) is 0 Å². The number of hydrazine groups is 1. The van der Waals surface area contributed by atoms with Crippen molar-refractivity contribution >= 4 is 35.0 Å². The number of carbonyl (C=O) groups is 1. The van der Waals surface area contributed by atoms with E-state index in [0.29, 0.717) is 16.7 Å². The Morgan fingerprint density at radius 2 is 1.86 bits per heavy atom. The third kappa shape index (κ3) is 6.32. The number of halogens is 2. The van der Waals surface area contributed by atoms with Gasteiger partial charge in [-0.3, -0.25) is 16.1 Å². The first-order valence-electron chi connectivity index (χ1n) is 11.0. The van der Waals surface area contributed by atoms with Crippen molar-refractivity contribution in [3.05, 3.63) is 78.0 Å². The number of anilines is 3. The van der Waals surface area contributed by atoms with E-state index in [1.54, 1.807) is 30.5 Å². The van der Waals surface area contributed by atoms with Gasteiger partial charge >= 0.3 is 0 Å². The molecule has 0 bridgehead atoms. The van der Waals surface area contributed by atoms with Crippen LogP contribution in [0.25, 0.3) is 0 Å². The topological polar surface area (TPSA) is 108 Å². The highest BCUT2D eigenvalue weighted by Crippen LogP contribution is 2.30. The number of amides is 1. The van der Waals surface area contributed by atoms with E-state index in [2.05, 4.69) is 30.9 Å². The summed E-state index contributed by atoms with van der Waals surface area (Å²) in [4.78, 5) is 24.6. The predicted molar refractivity (Wildman–Crippen MR) is 133 cm³/mol. The molecule has 1 amide bonds. The van der Waals surface area contributed by atoms with Crippen molar-refractivity contribution in [2.24, 2.45) is 5.84 Å². The van der Waals surface area contributed by atoms with E-state index in [4.69, 9.17) is 5.84 Å². The number of nitrogens with one attached hydrogen (secondary N) is 3. The van der Waals surface area contributed by atoms with Crippen LogP contribution in [0.4, 0.5) is 26.1 Å². The van der Waals surface area contributed by atoms with E-state index >= 15 is 0 Å². The maximum absolute atomic E-state index is 13.9. The molecule has 182 valence electrons. The normalized spacial score (nSPS) is 14.0. The molecule has 1 aliphatic rings. The summed E-state index contributed by atoms with van der Waals surface area (Å²) in [6.07, 6.45) is 4.77. The van der Waals surface area contributed by atoms with Gasteiger partial charge in [0.25, 0.3) is 5.91 Å². The first-order valence-corrected chi connectivity index (χ1v) is 11.8. The minimum Gasteiger partial charge on any atom is -0.356 e. The Bertz CT molecular complexity index is 1200. The third-order valence-corrected chi connectivity index (χ3v) is 6.14. The Kier molecular flexibility index (Phi) is 7.91. The first-order chi connectivity index (χ1) is 16.9. The number of hydrogen-bond acceptors (Lipinski definition) is 8. The van der Waals surface area contributed by atoms with Gasteiger partial charge in [0.1, 0.15) is 28.8 Å². The second-order valence-electron chi connectivity index (χ2n) is 7.87. The maximum atomic E-state index is 13.9. The van der Waals surface area contributed by atoms with Gasteiger partial charge in [0.05, 0.1) is 0 Å². The quantitative estimate of drug-likeness (QED) is 0.198. The molecule has 8 nitrogen and oxygen atoms in total. The molecule has 11 heteroatoms. The first kappa shape index (κ1) is 24.6. The van der Waals surface area contributed by atoms with Gasteiger partial charge in [0, 0.05) is 42.0 Å². The molecule has 1 saturated heterocycles. The van der Waals surface area contributed by atoms with E-state index < -0.39 is 23.1 Å². The molecule has 1 atom stereocenters. The largest absolute Gasteiger partial charge is 0.356 e. The Balaban J connectivity index is 1.46. The van der Waals surface area contributed by atoms with Crippen molar-refractivity contribution in [2.75, 3.05) is 28.6 Å². The second-order valence-corrected chi connectivity index (χ2v) is 8.91. The summed E-state index contributed by atoms with van der Waals surface area (Å²) in [5.41, 5.74) is 2.43. The van der Waals surface area contributed by atoms with E-state index in [9.17, 15) is 13.6 Å². The van der Waals surface area contributed by atoms with E-state index in [1.807, 2.05) is 19.1 Å². The fourth-order valence-electron chi connectivity index (χ4n) is 3.19. The monoisotopic (exact) mass is 497 g/mol. The number of nitrogens with two attached hydrogens (primary N) is 1. The number of benzene rings is 2. The molecule has 35 heavy (non-hydrogen) atoms. The molecular formula is C24H25F2N7OS. The van der Waals surface area contributed by atoms with Crippen LogP contribution in [0.2, 0.25) is 0 Å². The smallest absolute Gasteiger partial charge is 0.261 e. The molecule has 1 aromatic heterocycles. The summed E-state index contributed by atoms with van der Waals surface area (Å²) in [5, 5.41) is 6.23. The Hall–Kier alpha value is -3.54. The highest BCUT2D eigenvalue weighted by atomic mass is 32.2. The van der Waals surface area contributed by atoms with Gasteiger partial charge in [0.2, 0.25) is 0 Å². The minimum absolute atomic E-state index is 0.00178. The van der Waals surface area contributed by atoms with Gasteiger partial charge in [0.15, 0.2) is 5.16 Å². The van der Waals surface area contributed by atoms with Crippen LogP contribution >= 0.6 is 11.8 Å². The lowest BCUT2D eigenvalue weighted by Gasteiger charge is -2.32. The number of hydrogen-bond donors (Lipinski definition) is 4. The molecule has 1 unspecified atom stereocenters. The molecule has 4 rings (SSSR count). The number of aromatic nitrogens is 2. The summed E-state index contributed by atoms with van der Waals surface area (Å²) in [6.45, 7) is 3.81. The van der Waals surface area contributed by atoms with Crippen molar-refractivity contribution in [1.29, 1.82) is 0 Å². The Labute approximate surface area is 206 Å². The summed E-state index contributed by atoms with van der Waals surface area (Å²) in [7, 11) is 0. The molecule has 0 spiro atoms.